The molecule has 0 aromatic carbocycles. The minimum Gasteiger partial charge on any atom is -0.461 e. The largest absolute Gasteiger partial charge is 0.461 e. The highest BCUT2D eigenvalue weighted by Gasteiger charge is 2.29. The van der Waals surface area contributed by atoms with E-state index in [2.05, 4.69) is 4.74 Å². The van der Waals surface area contributed by atoms with Gasteiger partial charge in [0, 0.05) is 6.20 Å². The van der Waals surface area contributed by atoms with Crippen LogP contribution in [0.3, 0.4) is 0 Å². The number of carbonyl (C=O) groups is 1. The standard InChI is InChI=1S/C9H10F3NO2/c1-2-15-8(14)7-4-3-5-13(7)6-9(10,11)12/h3-5H,2,6H2,1H3. The van der Waals surface area contributed by atoms with Crippen LogP contribution in [-0.4, -0.2) is 23.3 Å². The number of ether oxygens (including phenoxy) is 1. The average molecular weight is 221 g/mol. The number of hydrogen-bond acceptors (Lipinski definition) is 2. The Morgan fingerprint density at radius 1 is 1.53 bits per heavy atom. The fourth-order valence-electron chi connectivity index (χ4n) is 1.14. The van der Waals surface area contributed by atoms with Gasteiger partial charge in [-0.15, -0.1) is 0 Å². The van der Waals surface area contributed by atoms with E-state index >= 15 is 0 Å². The van der Waals surface area contributed by atoms with E-state index in [9.17, 15) is 18.0 Å². The maximum atomic E-state index is 12.1. The molecule has 0 bridgehead atoms. The number of halogens is 3. The van der Waals surface area contributed by atoms with Crippen LogP contribution < -0.4 is 0 Å². The minimum atomic E-state index is -4.35. The van der Waals surface area contributed by atoms with Gasteiger partial charge in [-0.1, -0.05) is 0 Å². The van der Waals surface area contributed by atoms with Crippen LogP contribution in [0, 0.1) is 0 Å². The fourth-order valence-corrected chi connectivity index (χ4v) is 1.14. The van der Waals surface area contributed by atoms with Crippen LogP contribution in [0.1, 0.15) is 17.4 Å². The first kappa shape index (κ1) is 11.6. The number of rotatable bonds is 3. The summed E-state index contributed by atoms with van der Waals surface area (Å²) in [5.74, 6) is -0.744. The smallest absolute Gasteiger partial charge is 0.406 e. The second kappa shape index (κ2) is 4.37. The second-order valence-corrected chi connectivity index (χ2v) is 2.86. The average Bonchev–Trinajstić information content (AvgIpc) is 2.49. The fraction of sp³-hybridized carbons (Fsp3) is 0.444. The van der Waals surface area contributed by atoms with Crippen molar-refractivity contribution in [1.29, 1.82) is 0 Å². The maximum Gasteiger partial charge on any atom is 0.406 e. The second-order valence-electron chi connectivity index (χ2n) is 2.86. The highest BCUT2D eigenvalue weighted by atomic mass is 19.4. The molecule has 3 nitrogen and oxygen atoms in total. The van der Waals surface area contributed by atoms with E-state index in [0.717, 1.165) is 4.57 Å². The number of aromatic nitrogens is 1. The third-order valence-electron chi connectivity index (χ3n) is 1.66. The maximum absolute atomic E-state index is 12.1. The predicted octanol–water partition coefficient (Wildman–Crippen LogP) is 2.23. The lowest BCUT2D eigenvalue weighted by Crippen LogP contribution is -2.21. The van der Waals surface area contributed by atoms with Gasteiger partial charge >= 0.3 is 12.1 Å². The molecule has 0 saturated carbocycles. The zero-order valence-corrected chi connectivity index (χ0v) is 8.04. The molecule has 6 heteroatoms. The van der Waals surface area contributed by atoms with Gasteiger partial charge < -0.3 is 9.30 Å². The van der Waals surface area contributed by atoms with Crippen LogP contribution in [0.5, 0.6) is 0 Å². The molecule has 0 aliphatic carbocycles. The molecule has 0 unspecified atom stereocenters. The third kappa shape index (κ3) is 3.30. The van der Waals surface area contributed by atoms with Gasteiger partial charge in [0.2, 0.25) is 0 Å². The van der Waals surface area contributed by atoms with Gasteiger partial charge in [0.1, 0.15) is 12.2 Å². The molecule has 0 atom stereocenters. The number of carbonyl (C=O) groups excluding carboxylic acids is 1. The van der Waals surface area contributed by atoms with Crippen LogP contribution in [0.4, 0.5) is 13.2 Å². The van der Waals surface area contributed by atoms with Crippen molar-refractivity contribution in [3.63, 3.8) is 0 Å². The third-order valence-corrected chi connectivity index (χ3v) is 1.66. The molecule has 0 amide bonds. The molecule has 0 spiro atoms. The number of nitrogens with zero attached hydrogens (tertiary/aromatic N) is 1. The van der Waals surface area contributed by atoms with E-state index in [1.165, 1.54) is 18.3 Å². The summed E-state index contributed by atoms with van der Waals surface area (Å²) in [5.41, 5.74) is -0.0887. The Bertz CT molecular complexity index is 343. The van der Waals surface area contributed by atoms with Gasteiger partial charge in [-0.3, -0.25) is 0 Å². The van der Waals surface area contributed by atoms with Gasteiger partial charge in [-0.05, 0) is 19.1 Å². The summed E-state index contributed by atoms with van der Waals surface area (Å²) in [5, 5.41) is 0. The van der Waals surface area contributed by atoms with Crippen molar-refractivity contribution in [1.82, 2.24) is 4.57 Å². The van der Waals surface area contributed by atoms with E-state index in [-0.39, 0.29) is 12.3 Å². The molecular formula is C9H10F3NO2. The Kier molecular flexibility index (Phi) is 3.39. The summed E-state index contributed by atoms with van der Waals surface area (Å²) in [7, 11) is 0. The van der Waals surface area contributed by atoms with Gasteiger partial charge in [0.15, 0.2) is 0 Å². The molecule has 0 N–H and O–H groups in total. The van der Waals surface area contributed by atoms with E-state index in [0.29, 0.717) is 0 Å². The highest BCUT2D eigenvalue weighted by Crippen LogP contribution is 2.19. The van der Waals surface area contributed by atoms with Crippen molar-refractivity contribution in [2.75, 3.05) is 6.61 Å². The molecule has 0 aliphatic heterocycles. The molecule has 1 aromatic heterocycles. The number of hydrogen-bond donors (Lipinski definition) is 0. The monoisotopic (exact) mass is 221 g/mol. The Morgan fingerprint density at radius 2 is 2.20 bits per heavy atom. The van der Waals surface area contributed by atoms with Crippen molar-refractivity contribution in [2.45, 2.75) is 19.6 Å². The number of esters is 1. The molecule has 1 heterocycles. The van der Waals surface area contributed by atoms with E-state index < -0.39 is 18.7 Å². The normalized spacial score (nSPS) is 11.5. The van der Waals surface area contributed by atoms with Gasteiger partial charge in [0.25, 0.3) is 0 Å². The van der Waals surface area contributed by atoms with Gasteiger partial charge in [-0.25, -0.2) is 4.79 Å². The quantitative estimate of drug-likeness (QED) is 0.733. The Hall–Kier alpha value is -1.46. The summed E-state index contributed by atoms with van der Waals surface area (Å²) in [6, 6.07) is 2.67. The summed E-state index contributed by atoms with van der Waals surface area (Å²) in [4.78, 5) is 11.2. The SMILES string of the molecule is CCOC(=O)c1cccn1CC(F)(F)F. The molecular weight excluding hydrogens is 211 g/mol. The number of alkyl halides is 3. The van der Waals surface area contributed by atoms with E-state index in [1.807, 2.05) is 0 Å². The summed E-state index contributed by atoms with van der Waals surface area (Å²) in [6.45, 7) is 0.541. The molecule has 1 rings (SSSR count). The molecule has 0 fully saturated rings. The van der Waals surface area contributed by atoms with E-state index in [1.54, 1.807) is 6.92 Å². The lowest BCUT2D eigenvalue weighted by Gasteiger charge is -2.10. The lowest BCUT2D eigenvalue weighted by atomic mass is 10.4. The summed E-state index contributed by atoms with van der Waals surface area (Å²) >= 11 is 0. The predicted molar refractivity (Wildman–Crippen MR) is 46.4 cm³/mol. The first-order chi connectivity index (χ1) is 6.94. The van der Waals surface area contributed by atoms with Crippen LogP contribution in [0.15, 0.2) is 18.3 Å². The molecule has 0 aliphatic rings. The van der Waals surface area contributed by atoms with Crippen molar-refractivity contribution in [3.8, 4) is 0 Å². The van der Waals surface area contributed by atoms with Gasteiger partial charge in [-0.2, -0.15) is 13.2 Å². The van der Waals surface area contributed by atoms with Crippen molar-refractivity contribution in [3.05, 3.63) is 24.0 Å². The zero-order valence-electron chi connectivity index (χ0n) is 8.04. The minimum absolute atomic E-state index is 0.0887. The molecule has 84 valence electrons. The van der Waals surface area contributed by atoms with Crippen LogP contribution in [-0.2, 0) is 11.3 Å². The van der Waals surface area contributed by atoms with Crippen LogP contribution in [0.25, 0.3) is 0 Å². The van der Waals surface area contributed by atoms with Crippen LogP contribution in [0.2, 0.25) is 0 Å². The Labute approximate surface area is 84.4 Å². The Morgan fingerprint density at radius 3 is 2.73 bits per heavy atom. The van der Waals surface area contributed by atoms with Crippen molar-refractivity contribution in [2.24, 2.45) is 0 Å². The van der Waals surface area contributed by atoms with Gasteiger partial charge in [0.05, 0.1) is 6.61 Å². The lowest BCUT2D eigenvalue weighted by molar-refractivity contribution is -0.140. The Balaban J connectivity index is 2.82. The first-order valence-electron chi connectivity index (χ1n) is 4.33. The molecule has 1 aromatic rings. The first-order valence-corrected chi connectivity index (χ1v) is 4.33. The van der Waals surface area contributed by atoms with Crippen LogP contribution >= 0.6 is 0 Å². The topological polar surface area (TPSA) is 31.2 Å². The molecule has 15 heavy (non-hydrogen) atoms. The molecule has 0 saturated heterocycles. The zero-order chi connectivity index (χ0) is 11.5. The summed E-state index contributed by atoms with van der Waals surface area (Å²) < 4.78 is 41.7. The summed E-state index contributed by atoms with van der Waals surface area (Å²) in [6.07, 6.45) is -3.15. The molecule has 0 radical (unpaired) electrons. The highest BCUT2D eigenvalue weighted by molar-refractivity contribution is 5.87. The van der Waals surface area contributed by atoms with E-state index in [4.69, 9.17) is 0 Å². The van der Waals surface area contributed by atoms with Crippen molar-refractivity contribution >= 4 is 5.97 Å². The van der Waals surface area contributed by atoms with Crippen molar-refractivity contribution < 1.29 is 22.7 Å².